The number of allylic oxidation sites excluding steroid dienone is 3. The van der Waals surface area contributed by atoms with Crippen molar-refractivity contribution in [1.82, 2.24) is 4.90 Å². The fraction of sp³-hybridized carbons (Fsp3) is 0.167. The van der Waals surface area contributed by atoms with E-state index in [1.54, 1.807) is 18.4 Å². The third-order valence-electron chi connectivity index (χ3n) is 2.25. The van der Waals surface area contributed by atoms with Gasteiger partial charge in [-0.3, -0.25) is 4.79 Å². The van der Waals surface area contributed by atoms with Gasteiger partial charge in [0.25, 0.3) is 0 Å². The number of hydrogen-bond donors (Lipinski definition) is 2. The van der Waals surface area contributed by atoms with Crippen LogP contribution in [0.2, 0.25) is 0 Å². The van der Waals surface area contributed by atoms with Gasteiger partial charge < -0.3 is 15.1 Å². The van der Waals surface area contributed by atoms with Crippen LogP contribution in [0.1, 0.15) is 0 Å². The van der Waals surface area contributed by atoms with Crippen molar-refractivity contribution >= 4 is 11.9 Å². The maximum absolute atomic E-state index is 10.7. The van der Waals surface area contributed by atoms with Crippen molar-refractivity contribution in [2.24, 2.45) is 5.92 Å². The molecular formula is C12H10F3NO4. The molecule has 2 rings (SSSR count). The number of halogens is 3. The molecule has 5 nitrogen and oxygen atoms in total. The van der Waals surface area contributed by atoms with Crippen LogP contribution in [0, 0.1) is 5.92 Å². The molecule has 0 radical (unpaired) electrons. The van der Waals surface area contributed by atoms with E-state index >= 15 is 0 Å². The first-order valence-corrected chi connectivity index (χ1v) is 5.28. The van der Waals surface area contributed by atoms with Gasteiger partial charge in [-0.2, -0.15) is 13.2 Å². The lowest BCUT2D eigenvalue weighted by Crippen LogP contribution is -2.21. The molecule has 0 amide bonds. The summed E-state index contributed by atoms with van der Waals surface area (Å²) in [6.07, 6.45) is 7.65. The largest absolute Gasteiger partial charge is 0.490 e. The summed E-state index contributed by atoms with van der Waals surface area (Å²) in [7, 11) is 0. The highest BCUT2D eigenvalue weighted by atomic mass is 19.4. The summed E-state index contributed by atoms with van der Waals surface area (Å²) in [5.41, 5.74) is 0.914. The number of fused-ring (bicyclic) bond motifs is 1. The maximum Gasteiger partial charge on any atom is 0.490 e. The Hall–Kier alpha value is -2.51. The van der Waals surface area contributed by atoms with Crippen molar-refractivity contribution in [1.29, 1.82) is 0 Å². The van der Waals surface area contributed by atoms with Gasteiger partial charge in [-0.1, -0.05) is 6.08 Å². The number of carbonyl (C=O) groups is 2. The molecule has 2 aliphatic rings. The van der Waals surface area contributed by atoms with Gasteiger partial charge in [-0.05, 0) is 24.3 Å². The second-order valence-electron chi connectivity index (χ2n) is 3.71. The van der Waals surface area contributed by atoms with Crippen molar-refractivity contribution in [3.63, 3.8) is 0 Å². The Morgan fingerprint density at radius 1 is 1.15 bits per heavy atom. The molecule has 1 unspecified atom stereocenters. The normalized spacial score (nSPS) is 19.6. The molecule has 0 fully saturated rings. The van der Waals surface area contributed by atoms with E-state index in [-0.39, 0.29) is 0 Å². The van der Waals surface area contributed by atoms with Gasteiger partial charge in [0, 0.05) is 18.1 Å². The Labute approximate surface area is 111 Å². The molecule has 108 valence electrons. The van der Waals surface area contributed by atoms with E-state index in [0.717, 1.165) is 5.70 Å². The van der Waals surface area contributed by atoms with Crippen molar-refractivity contribution in [3.8, 4) is 0 Å². The third-order valence-corrected chi connectivity index (χ3v) is 2.25. The number of aliphatic carboxylic acids is 2. The van der Waals surface area contributed by atoms with Gasteiger partial charge in [0.1, 0.15) is 0 Å². The van der Waals surface area contributed by atoms with Gasteiger partial charge in [0.2, 0.25) is 0 Å². The zero-order valence-electron chi connectivity index (χ0n) is 9.91. The van der Waals surface area contributed by atoms with Gasteiger partial charge in [0.15, 0.2) is 0 Å². The molecule has 20 heavy (non-hydrogen) atoms. The van der Waals surface area contributed by atoms with Crippen LogP contribution in [0.25, 0.3) is 0 Å². The predicted octanol–water partition coefficient (Wildman–Crippen LogP) is 2.12. The lowest BCUT2D eigenvalue weighted by Gasteiger charge is -2.24. The topological polar surface area (TPSA) is 77.8 Å². The molecular weight excluding hydrogens is 279 g/mol. The monoisotopic (exact) mass is 289 g/mol. The van der Waals surface area contributed by atoms with Crippen LogP contribution in [0.4, 0.5) is 13.2 Å². The highest BCUT2D eigenvalue weighted by molar-refractivity contribution is 5.75. The molecule has 0 aliphatic carbocycles. The average Bonchev–Trinajstić information content (AvgIpc) is 2.37. The molecule has 0 aromatic carbocycles. The smallest absolute Gasteiger partial charge is 0.481 e. The minimum atomic E-state index is -5.08. The van der Waals surface area contributed by atoms with E-state index in [4.69, 9.17) is 15.0 Å². The molecule has 0 aromatic heterocycles. The van der Waals surface area contributed by atoms with E-state index in [1.807, 2.05) is 29.3 Å². The van der Waals surface area contributed by atoms with E-state index in [9.17, 15) is 18.0 Å². The van der Waals surface area contributed by atoms with Gasteiger partial charge >= 0.3 is 18.1 Å². The molecule has 0 spiro atoms. The highest BCUT2D eigenvalue weighted by Crippen LogP contribution is 2.21. The quantitative estimate of drug-likeness (QED) is 0.773. The SMILES string of the molecule is O=C(O)C(F)(F)F.O=C(O)C1C=CN2C=CC=CC2=C1. The number of alkyl halides is 3. The standard InChI is InChI=1S/C10H9NO2.C2HF3O2/c12-10(13)8-4-6-11-5-2-1-3-9(11)7-8;3-2(4,5)1(6)7/h1-8H,(H,12,13);(H,6,7). The van der Waals surface area contributed by atoms with Crippen molar-refractivity contribution < 1.29 is 33.0 Å². The second-order valence-corrected chi connectivity index (χ2v) is 3.71. The second kappa shape index (κ2) is 6.09. The van der Waals surface area contributed by atoms with Crippen LogP contribution in [0.15, 0.2) is 48.5 Å². The minimum absolute atomic E-state index is 0.498. The van der Waals surface area contributed by atoms with Crippen LogP contribution < -0.4 is 0 Å². The van der Waals surface area contributed by atoms with Crippen LogP contribution in [0.3, 0.4) is 0 Å². The fourth-order valence-electron chi connectivity index (χ4n) is 1.32. The Kier molecular flexibility index (Phi) is 4.73. The zero-order valence-corrected chi connectivity index (χ0v) is 9.91. The van der Waals surface area contributed by atoms with Gasteiger partial charge in [0.05, 0.1) is 5.92 Å². The average molecular weight is 289 g/mol. The van der Waals surface area contributed by atoms with Crippen molar-refractivity contribution in [2.75, 3.05) is 0 Å². The van der Waals surface area contributed by atoms with Crippen LogP contribution in [0.5, 0.6) is 0 Å². The lowest BCUT2D eigenvalue weighted by molar-refractivity contribution is -0.192. The van der Waals surface area contributed by atoms with Crippen molar-refractivity contribution in [3.05, 3.63) is 48.5 Å². The van der Waals surface area contributed by atoms with Gasteiger partial charge in [-0.15, -0.1) is 0 Å². The Balaban J connectivity index is 0.000000246. The molecule has 2 N–H and O–H groups in total. The number of nitrogens with zero attached hydrogens (tertiary/aromatic N) is 1. The summed E-state index contributed by atoms with van der Waals surface area (Å²) >= 11 is 0. The summed E-state index contributed by atoms with van der Waals surface area (Å²) in [5.74, 6) is -4.07. The zero-order chi connectivity index (χ0) is 15.3. The van der Waals surface area contributed by atoms with Crippen LogP contribution in [-0.2, 0) is 9.59 Å². The summed E-state index contributed by atoms with van der Waals surface area (Å²) in [5, 5.41) is 15.9. The first-order valence-electron chi connectivity index (χ1n) is 5.28. The summed E-state index contributed by atoms with van der Waals surface area (Å²) < 4.78 is 31.7. The van der Waals surface area contributed by atoms with Gasteiger partial charge in [-0.25, -0.2) is 4.79 Å². The molecule has 2 aliphatic heterocycles. The maximum atomic E-state index is 10.7. The molecule has 0 saturated heterocycles. The fourth-order valence-corrected chi connectivity index (χ4v) is 1.32. The molecule has 0 bridgehead atoms. The van der Waals surface area contributed by atoms with E-state index < -0.39 is 24.0 Å². The minimum Gasteiger partial charge on any atom is -0.481 e. The number of hydrogen-bond acceptors (Lipinski definition) is 3. The van der Waals surface area contributed by atoms with Crippen LogP contribution >= 0.6 is 0 Å². The van der Waals surface area contributed by atoms with Crippen LogP contribution in [-0.4, -0.2) is 33.2 Å². The number of rotatable bonds is 1. The Morgan fingerprint density at radius 2 is 1.75 bits per heavy atom. The van der Waals surface area contributed by atoms with E-state index in [2.05, 4.69) is 0 Å². The lowest BCUT2D eigenvalue weighted by atomic mass is 10.0. The Bertz CT molecular complexity index is 517. The molecule has 8 heteroatoms. The first-order chi connectivity index (χ1) is 9.21. The number of carboxylic acid groups (broad SMARTS) is 2. The Morgan fingerprint density at radius 3 is 2.25 bits per heavy atom. The summed E-state index contributed by atoms with van der Waals surface area (Å²) in [6, 6.07) is 0. The summed E-state index contributed by atoms with van der Waals surface area (Å²) in [6.45, 7) is 0. The molecule has 1 atom stereocenters. The molecule has 2 heterocycles. The third kappa shape index (κ3) is 4.30. The van der Waals surface area contributed by atoms with E-state index in [1.165, 1.54) is 0 Å². The molecule has 0 aromatic rings. The first kappa shape index (κ1) is 15.5. The predicted molar refractivity (Wildman–Crippen MR) is 62.2 cm³/mol. The highest BCUT2D eigenvalue weighted by Gasteiger charge is 2.38. The number of carboxylic acids is 2. The van der Waals surface area contributed by atoms with Crippen molar-refractivity contribution in [2.45, 2.75) is 6.18 Å². The molecule has 0 saturated carbocycles. The van der Waals surface area contributed by atoms with E-state index in [0.29, 0.717) is 0 Å². The summed E-state index contributed by atoms with van der Waals surface area (Å²) in [4.78, 5) is 21.5.